The maximum absolute atomic E-state index is 10.3. The van der Waals surface area contributed by atoms with E-state index in [0.717, 1.165) is 0 Å². The zero-order chi connectivity index (χ0) is 5.86. The van der Waals surface area contributed by atoms with Crippen LogP contribution in [-0.2, 0) is 9.53 Å². The summed E-state index contributed by atoms with van der Waals surface area (Å²) in [4.78, 5) is 10.3. The average Bonchev–Trinajstić information content (AvgIpc) is 1.65. The van der Waals surface area contributed by atoms with E-state index < -0.39 is 0 Å². The molecule has 0 saturated heterocycles. The zero-order valence-corrected chi connectivity index (χ0v) is 6.43. The summed E-state index contributed by atoms with van der Waals surface area (Å²) in [5, 5.41) is 0. The summed E-state index contributed by atoms with van der Waals surface area (Å²) >= 11 is 1.99. The van der Waals surface area contributed by atoms with Gasteiger partial charge in [0.1, 0.15) is 3.92 Å². The lowest BCUT2D eigenvalue weighted by molar-refractivity contribution is -0.139. The van der Waals surface area contributed by atoms with Crippen LogP contribution in [0, 0.1) is 0 Å². The van der Waals surface area contributed by atoms with Crippen LogP contribution < -0.4 is 0 Å². The predicted molar refractivity (Wildman–Crippen MR) is 35.5 cm³/mol. The number of esters is 1. The molecule has 0 heterocycles. The largest absolute Gasteiger partial charge is 0.468 e. The summed E-state index contributed by atoms with van der Waals surface area (Å²) in [5.74, 6) is -0.166. The average molecular weight is 214 g/mol. The summed E-state index contributed by atoms with van der Waals surface area (Å²) in [6.45, 7) is 1.78. The number of alkyl halides is 1. The van der Waals surface area contributed by atoms with Gasteiger partial charge in [-0.05, 0) is 6.92 Å². The molecule has 0 amide bonds. The Kier molecular flexibility index (Phi) is 3.33. The Hall–Kier alpha value is 0.200. The Morgan fingerprint density at radius 2 is 2.29 bits per heavy atom. The highest BCUT2D eigenvalue weighted by Crippen LogP contribution is 1.98. The van der Waals surface area contributed by atoms with E-state index >= 15 is 0 Å². The lowest BCUT2D eigenvalue weighted by atomic mass is 10.5. The Labute approximate surface area is 56.4 Å². The molecule has 0 aliphatic rings. The van der Waals surface area contributed by atoms with Gasteiger partial charge >= 0.3 is 5.97 Å². The zero-order valence-electron chi connectivity index (χ0n) is 4.27. The van der Waals surface area contributed by atoms with Crippen molar-refractivity contribution in [3.05, 3.63) is 0 Å². The monoisotopic (exact) mass is 214 g/mol. The molecule has 2 nitrogen and oxygen atoms in total. The Bertz CT molecular complexity index is 70.1. The molecule has 7 heavy (non-hydrogen) atoms. The van der Waals surface area contributed by atoms with Crippen LogP contribution in [0.4, 0.5) is 0 Å². The van der Waals surface area contributed by atoms with Crippen LogP contribution in [0.1, 0.15) is 6.92 Å². The van der Waals surface area contributed by atoms with Crippen LogP contribution in [0.3, 0.4) is 0 Å². The van der Waals surface area contributed by atoms with Gasteiger partial charge in [-0.25, -0.2) is 0 Å². The molecule has 0 bridgehead atoms. The molecule has 1 atom stereocenters. The maximum atomic E-state index is 10.3. The first-order chi connectivity index (χ1) is 3.18. The lowest BCUT2D eigenvalue weighted by Gasteiger charge is -1.96. The van der Waals surface area contributed by atoms with Gasteiger partial charge in [0.05, 0.1) is 7.11 Å². The molecule has 0 rings (SSSR count). The van der Waals surface area contributed by atoms with Crippen LogP contribution in [-0.4, -0.2) is 17.0 Å². The van der Waals surface area contributed by atoms with Crippen LogP contribution in [0.5, 0.6) is 0 Å². The van der Waals surface area contributed by atoms with Crippen molar-refractivity contribution in [3.63, 3.8) is 0 Å². The molecule has 0 aromatic rings. The molecule has 0 aromatic carbocycles. The molecule has 0 radical (unpaired) electrons. The van der Waals surface area contributed by atoms with Gasteiger partial charge in [0.15, 0.2) is 0 Å². The highest BCUT2D eigenvalue weighted by molar-refractivity contribution is 14.1. The highest BCUT2D eigenvalue weighted by atomic mass is 127. The van der Waals surface area contributed by atoms with Gasteiger partial charge in [0.2, 0.25) is 0 Å². The minimum absolute atomic E-state index is 0.0254. The second-order valence-corrected chi connectivity index (χ2v) is 3.01. The quantitative estimate of drug-likeness (QED) is 0.369. The number of halogens is 1. The van der Waals surface area contributed by atoms with Gasteiger partial charge < -0.3 is 4.74 Å². The standard InChI is InChI=1S/C4H7IO2/c1-3(5)4(6)7-2/h3H,1-2H3. The van der Waals surface area contributed by atoms with Gasteiger partial charge in [0.25, 0.3) is 0 Å². The third-order valence-electron chi connectivity index (χ3n) is 0.526. The number of hydrogen-bond donors (Lipinski definition) is 0. The normalized spacial score (nSPS) is 13.0. The van der Waals surface area contributed by atoms with E-state index in [1.165, 1.54) is 7.11 Å². The maximum Gasteiger partial charge on any atom is 0.318 e. The van der Waals surface area contributed by atoms with Gasteiger partial charge in [-0.15, -0.1) is 0 Å². The third-order valence-corrected chi connectivity index (χ3v) is 1.03. The van der Waals surface area contributed by atoms with Gasteiger partial charge in [0, 0.05) is 0 Å². The molecule has 0 aromatic heterocycles. The second-order valence-electron chi connectivity index (χ2n) is 1.14. The number of carbonyl (C=O) groups is 1. The molecule has 42 valence electrons. The van der Waals surface area contributed by atoms with Crippen LogP contribution in [0.2, 0.25) is 0 Å². The molecule has 0 spiro atoms. The van der Waals surface area contributed by atoms with E-state index in [9.17, 15) is 4.79 Å². The van der Waals surface area contributed by atoms with E-state index in [1.54, 1.807) is 6.92 Å². The summed E-state index contributed by atoms with van der Waals surface area (Å²) < 4.78 is 4.34. The van der Waals surface area contributed by atoms with E-state index in [1.807, 2.05) is 22.6 Å². The molecule has 1 unspecified atom stereocenters. The van der Waals surface area contributed by atoms with Crippen molar-refractivity contribution < 1.29 is 9.53 Å². The minimum atomic E-state index is -0.166. The van der Waals surface area contributed by atoms with Gasteiger partial charge in [-0.2, -0.15) is 0 Å². The van der Waals surface area contributed by atoms with Gasteiger partial charge in [-0.1, -0.05) is 22.6 Å². The van der Waals surface area contributed by atoms with Crippen molar-refractivity contribution in [2.45, 2.75) is 10.8 Å². The van der Waals surface area contributed by atoms with Crippen molar-refractivity contribution in [3.8, 4) is 0 Å². The smallest absolute Gasteiger partial charge is 0.318 e. The summed E-state index contributed by atoms with van der Waals surface area (Å²) in [6, 6.07) is 0. The second kappa shape index (κ2) is 3.23. The van der Waals surface area contributed by atoms with Gasteiger partial charge in [-0.3, -0.25) is 4.79 Å². The third kappa shape index (κ3) is 2.85. The summed E-state index contributed by atoms with van der Waals surface area (Å²) in [6.07, 6.45) is 0. The molecular weight excluding hydrogens is 207 g/mol. The first-order valence-corrected chi connectivity index (χ1v) is 3.15. The number of rotatable bonds is 1. The fraction of sp³-hybridized carbons (Fsp3) is 0.750. The fourth-order valence-electron chi connectivity index (χ4n) is 0.162. The van der Waals surface area contributed by atoms with E-state index in [-0.39, 0.29) is 9.89 Å². The Morgan fingerprint density at radius 3 is 2.29 bits per heavy atom. The van der Waals surface area contributed by atoms with Crippen LogP contribution in [0.25, 0.3) is 0 Å². The van der Waals surface area contributed by atoms with E-state index in [0.29, 0.717) is 0 Å². The molecule has 0 aliphatic heterocycles. The number of carbonyl (C=O) groups excluding carboxylic acids is 1. The van der Waals surface area contributed by atoms with Crippen molar-refractivity contribution >= 4 is 28.6 Å². The predicted octanol–water partition coefficient (Wildman–Crippen LogP) is 0.983. The van der Waals surface area contributed by atoms with Crippen LogP contribution in [0.15, 0.2) is 0 Å². The molecule has 3 heteroatoms. The van der Waals surface area contributed by atoms with Crippen molar-refractivity contribution in [2.24, 2.45) is 0 Å². The van der Waals surface area contributed by atoms with Crippen molar-refractivity contribution in [2.75, 3.05) is 7.11 Å². The van der Waals surface area contributed by atoms with E-state index in [4.69, 9.17) is 0 Å². The number of methoxy groups -OCH3 is 1. The summed E-state index contributed by atoms with van der Waals surface area (Å²) in [5.41, 5.74) is 0. The van der Waals surface area contributed by atoms with Crippen LogP contribution >= 0.6 is 22.6 Å². The van der Waals surface area contributed by atoms with Crippen molar-refractivity contribution in [1.29, 1.82) is 0 Å². The molecule has 0 fully saturated rings. The number of hydrogen-bond acceptors (Lipinski definition) is 2. The SMILES string of the molecule is COC(=O)C(C)I. The molecule has 0 aliphatic carbocycles. The topological polar surface area (TPSA) is 26.3 Å². The summed E-state index contributed by atoms with van der Waals surface area (Å²) in [7, 11) is 1.39. The Morgan fingerprint density at radius 1 is 1.86 bits per heavy atom. The first-order valence-electron chi connectivity index (χ1n) is 1.90. The molecule has 0 saturated carbocycles. The van der Waals surface area contributed by atoms with E-state index in [2.05, 4.69) is 4.74 Å². The Balaban J connectivity index is 3.35. The van der Waals surface area contributed by atoms with Crippen molar-refractivity contribution in [1.82, 2.24) is 0 Å². The first kappa shape index (κ1) is 7.20. The molecule has 0 N–H and O–H groups in total. The fourth-order valence-corrected chi connectivity index (χ4v) is 0.417. The highest BCUT2D eigenvalue weighted by Gasteiger charge is 2.05. The number of ether oxygens (including phenoxy) is 1. The minimum Gasteiger partial charge on any atom is -0.468 e. The molecular formula is C4H7IO2. The lowest BCUT2D eigenvalue weighted by Crippen LogP contribution is -2.10.